The van der Waals surface area contributed by atoms with Crippen molar-refractivity contribution < 1.29 is 4.55 Å². The Morgan fingerprint density at radius 2 is 2.08 bits per heavy atom. The molecule has 0 saturated carbocycles. The van der Waals surface area contributed by atoms with Gasteiger partial charge in [-0.05, 0) is 23.3 Å². The van der Waals surface area contributed by atoms with Gasteiger partial charge >= 0.3 is 0 Å². The zero-order valence-corrected chi connectivity index (χ0v) is 7.91. The van der Waals surface area contributed by atoms with Gasteiger partial charge in [0.15, 0.2) is 15.6 Å². The molecule has 0 amide bonds. The molecule has 64 valence electrons. The van der Waals surface area contributed by atoms with Gasteiger partial charge in [0.25, 0.3) is 0 Å². The molecule has 2 rings (SSSR count). The average molecular weight is 202 g/mol. The largest absolute Gasteiger partial charge is 0.594 e. The van der Waals surface area contributed by atoms with Crippen LogP contribution in [0, 0.1) is 0 Å². The van der Waals surface area contributed by atoms with E-state index in [9.17, 15) is 4.55 Å². The first-order chi connectivity index (χ1) is 5.77. The molecule has 0 aliphatic carbocycles. The first-order valence-corrected chi connectivity index (χ1v) is 5.65. The maximum atomic E-state index is 10.9. The van der Waals surface area contributed by atoms with Crippen LogP contribution in [0.4, 0.5) is 0 Å². The Morgan fingerprint density at radius 1 is 1.33 bits per heavy atom. The van der Waals surface area contributed by atoms with E-state index in [0.29, 0.717) is 4.90 Å². The van der Waals surface area contributed by atoms with Gasteiger partial charge in [0, 0.05) is 13.1 Å². The minimum absolute atomic E-state index is 0.694. The highest BCUT2D eigenvalue weighted by atomic mass is 35.7. The van der Waals surface area contributed by atoms with E-state index in [0.717, 1.165) is 13.1 Å². The standard InChI is InChI=1S/C8H8ClNOS/c9-12(11)8-2-1-6-4-10-5-7(6)3-8/h1-3,10H,4-5H2. The lowest BCUT2D eigenvalue weighted by atomic mass is 10.1. The van der Waals surface area contributed by atoms with Crippen molar-refractivity contribution in [3.05, 3.63) is 29.3 Å². The van der Waals surface area contributed by atoms with Crippen molar-refractivity contribution in [1.82, 2.24) is 5.32 Å². The lowest BCUT2D eigenvalue weighted by molar-refractivity contribution is 0.608. The number of nitrogens with one attached hydrogen (secondary N) is 1. The van der Waals surface area contributed by atoms with Crippen molar-refractivity contribution in [3.8, 4) is 0 Å². The molecule has 12 heavy (non-hydrogen) atoms. The fourth-order valence-electron chi connectivity index (χ4n) is 1.37. The second-order valence-electron chi connectivity index (χ2n) is 2.76. The van der Waals surface area contributed by atoms with Crippen molar-refractivity contribution in [2.24, 2.45) is 0 Å². The molecule has 0 bridgehead atoms. The monoisotopic (exact) mass is 201 g/mol. The van der Waals surface area contributed by atoms with Crippen molar-refractivity contribution in [2.45, 2.75) is 18.0 Å². The van der Waals surface area contributed by atoms with Crippen molar-refractivity contribution in [2.75, 3.05) is 0 Å². The van der Waals surface area contributed by atoms with E-state index in [1.165, 1.54) is 11.1 Å². The Labute approximate surface area is 78.6 Å². The SMILES string of the molecule is [O-][S+](Cl)c1ccc2c(c1)CNC2. The van der Waals surface area contributed by atoms with E-state index in [4.69, 9.17) is 10.7 Å². The van der Waals surface area contributed by atoms with Crippen LogP contribution in [-0.4, -0.2) is 4.55 Å². The first kappa shape index (κ1) is 8.38. The Hall–Kier alpha value is -0.220. The number of benzene rings is 1. The van der Waals surface area contributed by atoms with E-state index >= 15 is 0 Å². The molecule has 1 aliphatic heterocycles. The van der Waals surface area contributed by atoms with Crippen LogP contribution in [0.25, 0.3) is 0 Å². The van der Waals surface area contributed by atoms with Gasteiger partial charge in [0.05, 0.1) is 0 Å². The van der Waals surface area contributed by atoms with Crippen LogP contribution in [0.2, 0.25) is 0 Å². The average Bonchev–Trinajstić information content (AvgIpc) is 2.49. The summed E-state index contributed by atoms with van der Waals surface area (Å²) in [5.74, 6) is 0. The van der Waals surface area contributed by atoms with Gasteiger partial charge in [-0.25, -0.2) is 0 Å². The Morgan fingerprint density at radius 3 is 2.83 bits per heavy atom. The number of rotatable bonds is 1. The van der Waals surface area contributed by atoms with Gasteiger partial charge in [-0.2, -0.15) is 0 Å². The zero-order valence-electron chi connectivity index (χ0n) is 6.34. The number of hydrogen-bond donors (Lipinski definition) is 1. The van der Waals surface area contributed by atoms with Gasteiger partial charge in [0.1, 0.15) is 10.4 Å². The Balaban J connectivity index is 2.39. The summed E-state index contributed by atoms with van der Waals surface area (Å²) >= 11 is 0. The lowest BCUT2D eigenvalue weighted by Crippen LogP contribution is -1.99. The Bertz CT molecular complexity index is 303. The van der Waals surface area contributed by atoms with Crippen molar-refractivity contribution in [3.63, 3.8) is 0 Å². The minimum atomic E-state index is -1.38. The molecular weight excluding hydrogens is 194 g/mol. The summed E-state index contributed by atoms with van der Waals surface area (Å²) in [5.41, 5.74) is 2.49. The lowest BCUT2D eigenvalue weighted by Gasteiger charge is -2.01. The highest BCUT2D eigenvalue weighted by molar-refractivity contribution is 8.13. The van der Waals surface area contributed by atoms with Crippen LogP contribution < -0.4 is 5.32 Å². The molecule has 1 heterocycles. The summed E-state index contributed by atoms with van der Waals surface area (Å²) in [6.45, 7) is 1.77. The summed E-state index contributed by atoms with van der Waals surface area (Å²) in [6, 6.07) is 5.69. The highest BCUT2D eigenvalue weighted by Gasteiger charge is 2.14. The second-order valence-corrected chi connectivity index (χ2v) is 4.52. The fourth-order valence-corrected chi connectivity index (χ4v) is 2.07. The van der Waals surface area contributed by atoms with E-state index in [-0.39, 0.29) is 0 Å². The summed E-state index contributed by atoms with van der Waals surface area (Å²) in [5, 5.41) is 3.21. The second kappa shape index (κ2) is 3.26. The van der Waals surface area contributed by atoms with Crippen molar-refractivity contribution in [1.29, 1.82) is 0 Å². The van der Waals surface area contributed by atoms with Gasteiger partial charge in [-0.3, -0.25) is 0 Å². The van der Waals surface area contributed by atoms with Crippen LogP contribution in [-0.2, 0) is 23.5 Å². The summed E-state index contributed by atoms with van der Waals surface area (Å²) < 4.78 is 10.9. The Kier molecular flexibility index (Phi) is 2.28. The van der Waals surface area contributed by atoms with Crippen LogP contribution in [0.3, 0.4) is 0 Å². The molecule has 1 aromatic carbocycles. The van der Waals surface area contributed by atoms with E-state index in [1.54, 1.807) is 0 Å². The maximum absolute atomic E-state index is 10.9. The quantitative estimate of drug-likeness (QED) is 0.700. The summed E-state index contributed by atoms with van der Waals surface area (Å²) in [4.78, 5) is 0.694. The first-order valence-electron chi connectivity index (χ1n) is 3.68. The summed E-state index contributed by atoms with van der Waals surface area (Å²) in [7, 11) is 4.08. The predicted molar refractivity (Wildman–Crippen MR) is 49.2 cm³/mol. The van der Waals surface area contributed by atoms with Gasteiger partial charge in [-0.1, -0.05) is 6.07 Å². The number of fused-ring (bicyclic) bond motifs is 1. The highest BCUT2D eigenvalue weighted by Crippen LogP contribution is 2.21. The molecule has 0 radical (unpaired) electrons. The van der Waals surface area contributed by atoms with E-state index in [2.05, 4.69) is 5.32 Å². The molecule has 1 aliphatic rings. The topological polar surface area (TPSA) is 35.1 Å². The van der Waals surface area contributed by atoms with E-state index < -0.39 is 10.4 Å². The van der Waals surface area contributed by atoms with Crippen LogP contribution in [0.5, 0.6) is 0 Å². The van der Waals surface area contributed by atoms with E-state index in [1.807, 2.05) is 18.2 Å². The number of hydrogen-bond acceptors (Lipinski definition) is 2. The molecule has 1 aromatic rings. The molecule has 2 nitrogen and oxygen atoms in total. The van der Waals surface area contributed by atoms with Gasteiger partial charge in [-0.15, -0.1) is 0 Å². The fraction of sp³-hybridized carbons (Fsp3) is 0.250. The normalized spacial score (nSPS) is 17.5. The molecule has 0 aromatic heterocycles. The van der Waals surface area contributed by atoms with Crippen molar-refractivity contribution >= 4 is 21.1 Å². The molecule has 0 fully saturated rings. The van der Waals surface area contributed by atoms with Crippen LogP contribution in [0.15, 0.2) is 23.1 Å². The van der Waals surface area contributed by atoms with Gasteiger partial charge in [0.2, 0.25) is 0 Å². The van der Waals surface area contributed by atoms with Crippen LogP contribution >= 0.6 is 10.7 Å². The van der Waals surface area contributed by atoms with Gasteiger partial charge < -0.3 is 9.87 Å². The molecule has 1 atom stereocenters. The van der Waals surface area contributed by atoms with Crippen LogP contribution in [0.1, 0.15) is 11.1 Å². The third-order valence-electron chi connectivity index (χ3n) is 1.99. The molecule has 1 N–H and O–H groups in total. The molecule has 0 saturated heterocycles. The molecule has 0 spiro atoms. The smallest absolute Gasteiger partial charge is 0.181 e. The molecule has 1 unspecified atom stereocenters. The molecular formula is C8H8ClNOS. The summed E-state index contributed by atoms with van der Waals surface area (Å²) in [6.07, 6.45) is 0. The maximum Gasteiger partial charge on any atom is 0.181 e. The third kappa shape index (κ3) is 1.45. The number of halogens is 1. The minimum Gasteiger partial charge on any atom is -0.594 e. The predicted octanol–water partition coefficient (Wildman–Crippen LogP) is 1.55. The molecule has 4 heteroatoms. The third-order valence-corrected chi connectivity index (χ3v) is 3.15. The zero-order chi connectivity index (χ0) is 8.55.